The van der Waals surface area contributed by atoms with Gasteiger partial charge in [0.05, 0.1) is 22.2 Å². The van der Waals surface area contributed by atoms with Crippen LogP contribution in [0.2, 0.25) is 5.02 Å². The van der Waals surface area contributed by atoms with Gasteiger partial charge in [-0.2, -0.15) is 0 Å². The fourth-order valence-electron chi connectivity index (χ4n) is 2.18. The van der Waals surface area contributed by atoms with Gasteiger partial charge in [0, 0.05) is 13.1 Å². The number of hydrogen-bond acceptors (Lipinski definition) is 4. The number of sulfonamides is 1. The van der Waals surface area contributed by atoms with Crippen molar-refractivity contribution in [3.63, 3.8) is 0 Å². The zero-order valence-electron chi connectivity index (χ0n) is 11.5. The molecule has 0 atom stereocenters. The van der Waals surface area contributed by atoms with E-state index in [0.29, 0.717) is 18.1 Å². The van der Waals surface area contributed by atoms with E-state index in [1.807, 2.05) is 0 Å². The summed E-state index contributed by atoms with van der Waals surface area (Å²) in [6.45, 7) is 1.13. The van der Waals surface area contributed by atoms with E-state index in [1.165, 1.54) is 18.2 Å². The van der Waals surface area contributed by atoms with E-state index in [0.717, 1.165) is 19.3 Å². The molecule has 116 valence electrons. The van der Waals surface area contributed by atoms with Gasteiger partial charge in [-0.05, 0) is 37.5 Å². The lowest BCUT2D eigenvalue weighted by molar-refractivity contribution is -0.130. The van der Waals surface area contributed by atoms with Crippen LogP contribution in [0, 0.1) is 0 Å². The topological polar surface area (TPSA) is 92.5 Å². The van der Waals surface area contributed by atoms with Gasteiger partial charge >= 0.3 is 0 Å². The van der Waals surface area contributed by atoms with Gasteiger partial charge in [-0.3, -0.25) is 4.79 Å². The average Bonchev–Trinajstić information content (AvgIpc) is 2.48. The molecule has 0 unspecified atom stereocenters. The van der Waals surface area contributed by atoms with E-state index in [4.69, 9.17) is 17.3 Å². The second-order valence-corrected chi connectivity index (χ2v) is 7.12. The number of likely N-dealkylation sites (tertiary alicyclic amines) is 1. The lowest BCUT2D eigenvalue weighted by Crippen LogP contribution is -2.42. The fraction of sp³-hybridized carbons (Fsp3) is 0.462. The number of halogens is 1. The van der Waals surface area contributed by atoms with Crippen molar-refractivity contribution in [3.8, 4) is 0 Å². The van der Waals surface area contributed by atoms with Crippen molar-refractivity contribution in [2.24, 2.45) is 0 Å². The minimum atomic E-state index is -3.77. The molecular weight excluding hydrogens is 314 g/mol. The van der Waals surface area contributed by atoms with Crippen LogP contribution in [0.25, 0.3) is 0 Å². The van der Waals surface area contributed by atoms with E-state index in [-0.39, 0.29) is 23.0 Å². The van der Waals surface area contributed by atoms with Crippen LogP contribution in [0.15, 0.2) is 23.1 Å². The quantitative estimate of drug-likeness (QED) is 0.811. The Morgan fingerprint density at radius 2 is 1.95 bits per heavy atom. The molecule has 6 nitrogen and oxygen atoms in total. The third-order valence-corrected chi connectivity index (χ3v) is 5.14. The summed E-state index contributed by atoms with van der Waals surface area (Å²) in [6, 6.07) is 4.04. The highest BCUT2D eigenvalue weighted by atomic mass is 35.5. The molecule has 0 radical (unpaired) electrons. The maximum atomic E-state index is 12.1. The van der Waals surface area contributed by atoms with Crippen LogP contribution in [0.3, 0.4) is 0 Å². The third-order valence-electron chi connectivity index (χ3n) is 3.40. The molecule has 1 aliphatic heterocycles. The second-order valence-electron chi connectivity index (χ2n) is 4.95. The van der Waals surface area contributed by atoms with E-state index in [1.54, 1.807) is 4.90 Å². The Morgan fingerprint density at radius 3 is 2.57 bits per heavy atom. The Balaban J connectivity index is 2.00. The average molecular weight is 332 g/mol. The largest absolute Gasteiger partial charge is 0.397 e. The number of nitrogen functional groups attached to an aromatic ring is 1. The number of piperidine rings is 1. The van der Waals surface area contributed by atoms with Crippen LogP contribution in [0.4, 0.5) is 5.69 Å². The number of carbonyl (C=O) groups excluding carboxylic acids is 1. The lowest BCUT2D eigenvalue weighted by Gasteiger charge is -2.26. The number of benzene rings is 1. The summed E-state index contributed by atoms with van der Waals surface area (Å²) in [7, 11) is -3.77. The first-order valence-corrected chi connectivity index (χ1v) is 8.59. The van der Waals surface area contributed by atoms with Gasteiger partial charge in [0.2, 0.25) is 15.9 Å². The summed E-state index contributed by atoms with van der Waals surface area (Å²) < 4.78 is 26.5. The molecule has 8 heteroatoms. The molecule has 1 aromatic rings. The number of nitrogens with zero attached hydrogens (tertiary/aromatic N) is 1. The molecule has 1 amide bonds. The van der Waals surface area contributed by atoms with Gasteiger partial charge in [0.15, 0.2) is 0 Å². The van der Waals surface area contributed by atoms with E-state index < -0.39 is 10.0 Å². The van der Waals surface area contributed by atoms with Crippen molar-refractivity contribution >= 4 is 33.2 Å². The summed E-state index contributed by atoms with van der Waals surface area (Å²) in [4.78, 5) is 13.6. The van der Waals surface area contributed by atoms with E-state index in [2.05, 4.69) is 4.72 Å². The molecule has 1 saturated heterocycles. The predicted molar refractivity (Wildman–Crippen MR) is 81.5 cm³/mol. The van der Waals surface area contributed by atoms with Gasteiger partial charge < -0.3 is 10.6 Å². The Hall–Kier alpha value is -1.31. The van der Waals surface area contributed by atoms with Crippen LogP contribution in [-0.4, -0.2) is 38.9 Å². The van der Waals surface area contributed by atoms with Crippen molar-refractivity contribution in [1.82, 2.24) is 9.62 Å². The molecular formula is C13H18ClN3O3S. The van der Waals surface area contributed by atoms with E-state index in [9.17, 15) is 13.2 Å². The molecule has 1 aliphatic rings. The predicted octanol–water partition coefficient (Wildman–Crippen LogP) is 1.21. The van der Waals surface area contributed by atoms with Gasteiger partial charge in [0.25, 0.3) is 0 Å². The van der Waals surface area contributed by atoms with Crippen molar-refractivity contribution in [3.05, 3.63) is 23.2 Å². The smallest absolute Gasteiger partial charge is 0.241 e. The van der Waals surface area contributed by atoms with Gasteiger partial charge in [0.1, 0.15) is 0 Å². The standard InChI is InChI=1S/C13H18ClN3O3S/c14-11-5-4-10(8-12(11)15)21(19,20)16-9-13(18)17-6-2-1-3-7-17/h4-5,8,16H,1-3,6-7,9,15H2. The van der Waals surface area contributed by atoms with Crippen LogP contribution in [0.5, 0.6) is 0 Å². The van der Waals surface area contributed by atoms with Gasteiger partial charge in [-0.1, -0.05) is 11.6 Å². The highest BCUT2D eigenvalue weighted by molar-refractivity contribution is 7.89. The first kappa shape index (κ1) is 16.1. The lowest BCUT2D eigenvalue weighted by atomic mass is 10.1. The molecule has 0 saturated carbocycles. The van der Waals surface area contributed by atoms with Gasteiger partial charge in [-0.25, -0.2) is 13.1 Å². The number of hydrogen-bond donors (Lipinski definition) is 2. The number of nitrogens with two attached hydrogens (primary N) is 1. The Morgan fingerprint density at radius 1 is 1.29 bits per heavy atom. The molecule has 2 rings (SSSR count). The Bertz CT molecular complexity index is 628. The zero-order chi connectivity index (χ0) is 15.5. The van der Waals surface area contributed by atoms with Crippen molar-refractivity contribution < 1.29 is 13.2 Å². The number of amides is 1. The summed E-state index contributed by atoms with van der Waals surface area (Å²) in [5.41, 5.74) is 5.77. The number of nitrogens with one attached hydrogen (secondary N) is 1. The maximum absolute atomic E-state index is 12.1. The second kappa shape index (κ2) is 6.64. The molecule has 21 heavy (non-hydrogen) atoms. The number of rotatable bonds is 4. The highest BCUT2D eigenvalue weighted by Crippen LogP contribution is 2.22. The van der Waals surface area contributed by atoms with Crippen molar-refractivity contribution in [2.75, 3.05) is 25.4 Å². The first-order valence-electron chi connectivity index (χ1n) is 6.72. The fourth-order valence-corrected chi connectivity index (χ4v) is 3.31. The van der Waals surface area contributed by atoms with Crippen molar-refractivity contribution in [2.45, 2.75) is 24.2 Å². The van der Waals surface area contributed by atoms with Crippen LogP contribution in [0.1, 0.15) is 19.3 Å². The maximum Gasteiger partial charge on any atom is 0.241 e. The summed E-state index contributed by atoms with van der Waals surface area (Å²) in [5.74, 6) is -0.208. The number of anilines is 1. The zero-order valence-corrected chi connectivity index (χ0v) is 13.1. The SMILES string of the molecule is Nc1cc(S(=O)(=O)NCC(=O)N2CCCCC2)ccc1Cl. The third kappa shape index (κ3) is 4.09. The van der Waals surface area contributed by atoms with E-state index >= 15 is 0 Å². The van der Waals surface area contributed by atoms with Gasteiger partial charge in [-0.15, -0.1) is 0 Å². The molecule has 0 bridgehead atoms. The molecule has 0 spiro atoms. The Kier molecular flexibility index (Phi) is 5.08. The van der Waals surface area contributed by atoms with Crippen LogP contribution in [-0.2, 0) is 14.8 Å². The summed E-state index contributed by atoms with van der Waals surface area (Å²) in [6.07, 6.45) is 3.04. The van der Waals surface area contributed by atoms with Crippen LogP contribution >= 0.6 is 11.6 Å². The summed E-state index contributed by atoms with van der Waals surface area (Å²) >= 11 is 5.76. The van der Waals surface area contributed by atoms with Crippen molar-refractivity contribution in [1.29, 1.82) is 0 Å². The summed E-state index contributed by atoms with van der Waals surface area (Å²) in [5, 5.41) is 0.290. The molecule has 1 fully saturated rings. The minimum absolute atomic E-state index is 0.00385. The number of carbonyl (C=O) groups is 1. The first-order chi connectivity index (χ1) is 9.90. The molecule has 0 aromatic heterocycles. The normalized spacial score (nSPS) is 16.0. The Labute approximate surface area is 129 Å². The molecule has 0 aliphatic carbocycles. The molecule has 1 heterocycles. The highest BCUT2D eigenvalue weighted by Gasteiger charge is 2.20. The van der Waals surface area contributed by atoms with Crippen LogP contribution < -0.4 is 10.5 Å². The minimum Gasteiger partial charge on any atom is -0.397 e. The molecule has 3 N–H and O–H groups in total. The monoisotopic (exact) mass is 331 g/mol. The molecule has 1 aromatic carbocycles.